The van der Waals surface area contributed by atoms with Crippen molar-refractivity contribution < 1.29 is 17.9 Å². The molecule has 0 bridgehead atoms. The standard InChI is InChI=1S/C25H33N3O4S/c1-32-23-16-11-18(17-24(23)33(30,31)28-22-9-5-6-10-22)25(29)27-21-14-12-20(13-15-21)26-19-7-3-2-4-8-19/h11-17,19,22,26,28H,2-10H2,1H3,(H,27,29). The van der Waals surface area contributed by atoms with Crippen molar-refractivity contribution in [2.24, 2.45) is 0 Å². The summed E-state index contributed by atoms with van der Waals surface area (Å²) >= 11 is 0. The lowest BCUT2D eigenvalue weighted by Crippen LogP contribution is -2.33. The smallest absolute Gasteiger partial charge is 0.255 e. The molecular formula is C25H33N3O4S. The van der Waals surface area contributed by atoms with E-state index in [4.69, 9.17) is 4.74 Å². The molecule has 2 saturated carbocycles. The lowest BCUT2D eigenvalue weighted by molar-refractivity contribution is 0.102. The van der Waals surface area contributed by atoms with Crippen LogP contribution >= 0.6 is 0 Å². The number of ether oxygens (including phenoxy) is 1. The van der Waals surface area contributed by atoms with Gasteiger partial charge in [0, 0.05) is 29.0 Å². The molecule has 0 atom stereocenters. The van der Waals surface area contributed by atoms with Gasteiger partial charge in [-0.2, -0.15) is 0 Å². The van der Waals surface area contributed by atoms with Crippen molar-refractivity contribution in [3.63, 3.8) is 0 Å². The van der Waals surface area contributed by atoms with E-state index in [1.807, 2.05) is 24.3 Å². The Labute approximate surface area is 196 Å². The van der Waals surface area contributed by atoms with E-state index in [-0.39, 0.29) is 28.2 Å². The number of carbonyl (C=O) groups excluding carboxylic acids is 1. The highest BCUT2D eigenvalue weighted by atomic mass is 32.2. The average Bonchev–Trinajstić information content (AvgIpc) is 3.33. The van der Waals surface area contributed by atoms with Crippen LogP contribution < -0.4 is 20.1 Å². The normalized spacial score (nSPS) is 17.6. The van der Waals surface area contributed by atoms with E-state index in [0.29, 0.717) is 11.7 Å². The first-order valence-electron chi connectivity index (χ1n) is 11.8. The van der Waals surface area contributed by atoms with Gasteiger partial charge < -0.3 is 15.4 Å². The zero-order chi connectivity index (χ0) is 23.3. The second-order valence-electron chi connectivity index (χ2n) is 8.98. The molecule has 0 aromatic heterocycles. The SMILES string of the molecule is COc1ccc(C(=O)Nc2ccc(NC3CCCCC3)cc2)cc1S(=O)(=O)NC1CCCC1. The monoisotopic (exact) mass is 471 g/mol. The van der Waals surface area contributed by atoms with E-state index >= 15 is 0 Å². The first kappa shape index (κ1) is 23.6. The molecule has 2 fully saturated rings. The van der Waals surface area contributed by atoms with Gasteiger partial charge >= 0.3 is 0 Å². The Morgan fingerprint density at radius 3 is 2.12 bits per heavy atom. The van der Waals surface area contributed by atoms with Crippen molar-refractivity contribution in [2.75, 3.05) is 17.7 Å². The van der Waals surface area contributed by atoms with E-state index < -0.39 is 10.0 Å². The second-order valence-corrected chi connectivity index (χ2v) is 10.7. The molecule has 3 N–H and O–H groups in total. The van der Waals surface area contributed by atoms with Crippen molar-refractivity contribution >= 4 is 27.3 Å². The third kappa shape index (κ3) is 6.06. The highest BCUT2D eigenvalue weighted by Crippen LogP contribution is 2.28. The summed E-state index contributed by atoms with van der Waals surface area (Å²) in [6.07, 6.45) is 9.91. The van der Waals surface area contributed by atoms with Crippen LogP contribution in [-0.4, -0.2) is 33.5 Å². The molecule has 0 radical (unpaired) electrons. The van der Waals surface area contributed by atoms with E-state index in [1.165, 1.54) is 51.3 Å². The summed E-state index contributed by atoms with van der Waals surface area (Å²) in [7, 11) is -2.38. The maximum atomic E-state index is 13.0. The van der Waals surface area contributed by atoms with Gasteiger partial charge in [0.1, 0.15) is 10.6 Å². The van der Waals surface area contributed by atoms with Crippen LogP contribution in [0.2, 0.25) is 0 Å². The Morgan fingerprint density at radius 2 is 1.45 bits per heavy atom. The Morgan fingerprint density at radius 1 is 0.848 bits per heavy atom. The van der Waals surface area contributed by atoms with Crippen LogP contribution in [0.5, 0.6) is 5.75 Å². The van der Waals surface area contributed by atoms with Gasteiger partial charge in [-0.1, -0.05) is 32.1 Å². The van der Waals surface area contributed by atoms with Crippen molar-refractivity contribution in [1.29, 1.82) is 0 Å². The quantitative estimate of drug-likeness (QED) is 0.508. The molecule has 0 aliphatic heterocycles. The Hall–Kier alpha value is -2.58. The lowest BCUT2D eigenvalue weighted by Gasteiger charge is -2.23. The van der Waals surface area contributed by atoms with Gasteiger partial charge in [-0.15, -0.1) is 0 Å². The van der Waals surface area contributed by atoms with Crippen LogP contribution in [0.4, 0.5) is 11.4 Å². The maximum Gasteiger partial charge on any atom is 0.255 e. The van der Waals surface area contributed by atoms with Gasteiger partial charge in [0.05, 0.1) is 7.11 Å². The van der Waals surface area contributed by atoms with Gasteiger partial charge in [-0.3, -0.25) is 4.79 Å². The minimum absolute atomic E-state index is 0.0171. The second kappa shape index (κ2) is 10.6. The minimum atomic E-state index is -3.80. The van der Waals surface area contributed by atoms with Crippen LogP contribution in [0.3, 0.4) is 0 Å². The Balaban J connectivity index is 1.45. The molecule has 33 heavy (non-hydrogen) atoms. The van der Waals surface area contributed by atoms with E-state index in [1.54, 1.807) is 6.07 Å². The summed E-state index contributed by atoms with van der Waals surface area (Å²) in [6, 6.07) is 12.5. The van der Waals surface area contributed by atoms with Crippen molar-refractivity contribution in [3.05, 3.63) is 48.0 Å². The van der Waals surface area contributed by atoms with Crippen LogP contribution in [0, 0.1) is 0 Å². The first-order valence-corrected chi connectivity index (χ1v) is 13.3. The zero-order valence-electron chi connectivity index (χ0n) is 19.1. The Bertz CT molecular complexity index is 1060. The number of sulfonamides is 1. The van der Waals surface area contributed by atoms with Gasteiger partial charge in [0.15, 0.2) is 0 Å². The largest absolute Gasteiger partial charge is 0.495 e. The number of rotatable bonds is 8. The summed E-state index contributed by atoms with van der Waals surface area (Å²) in [5.74, 6) is -0.154. The molecule has 0 heterocycles. The molecular weight excluding hydrogens is 438 g/mol. The van der Waals surface area contributed by atoms with Crippen molar-refractivity contribution in [3.8, 4) is 5.75 Å². The number of hydrogen-bond donors (Lipinski definition) is 3. The molecule has 7 nitrogen and oxygen atoms in total. The molecule has 8 heteroatoms. The number of hydrogen-bond acceptors (Lipinski definition) is 5. The Kier molecular flexibility index (Phi) is 7.55. The molecule has 0 saturated heterocycles. The summed E-state index contributed by atoms with van der Waals surface area (Å²) in [5, 5.41) is 6.41. The van der Waals surface area contributed by atoms with Crippen molar-refractivity contribution in [1.82, 2.24) is 4.72 Å². The molecule has 2 aromatic rings. The van der Waals surface area contributed by atoms with Crippen LogP contribution in [0.25, 0.3) is 0 Å². The molecule has 2 aromatic carbocycles. The predicted molar refractivity (Wildman–Crippen MR) is 130 cm³/mol. The molecule has 2 aliphatic carbocycles. The highest BCUT2D eigenvalue weighted by molar-refractivity contribution is 7.89. The summed E-state index contributed by atoms with van der Waals surface area (Å²) < 4.78 is 34.0. The number of methoxy groups -OCH3 is 1. The van der Waals surface area contributed by atoms with Gasteiger partial charge in [0.2, 0.25) is 10.0 Å². The molecule has 0 unspecified atom stereocenters. The molecule has 4 rings (SSSR count). The zero-order valence-corrected chi connectivity index (χ0v) is 19.9. The number of anilines is 2. The van der Waals surface area contributed by atoms with Crippen molar-refractivity contribution in [2.45, 2.75) is 74.8 Å². The number of nitrogens with one attached hydrogen (secondary N) is 3. The summed E-state index contributed by atoms with van der Waals surface area (Å²) in [4.78, 5) is 12.8. The lowest BCUT2D eigenvalue weighted by atomic mass is 9.95. The highest BCUT2D eigenvalue weighted by Gasteiger charge is 2.26. The molecule has 0 spiro atoms. The fourth-order valence-electron chi connectivity index (χ4n) is 4.69. The van der Waals surface area contributed by atoms with Gasteiger partial charge in [-0.05, 0) is 68.1 Å². The maximum absolute atomic E-state index is 13.0. The van der Waals surface area contributed by atoms with Gasteiger partial charge in [0.25, 0.3) is 5.91 Å². The average molecular weight is 472 g/mol. The summed E-state index contributed by atoms with van der Waals surface area (Å²) in [5.41, 5.74) is 1.95. The number of amides is 1. The number of carbonyl (C=O) groups is 1. The topological polar surface area (TPSA) is 96.5 Å². The fraction of sp³-hybridized carbons (Fsp3) is 0.480. The minimum Gasteiger partial charge on any atom is -0.495 e. The van der Waals surface area contributed by atoms with Crippen LogP contribution in [-0.2, 0) is 10.0 Å². The van der Waals surface area contributed by atoms with E-state index in [9.17, 15) is 13.2 Å². The fourth-order valence-corrected chi connectivity index (χ4v) is 6.19. The predicted octanol–water partition coefficient (Wildman–Crippen LogP) is 4.91. The number of benzene rings is 2. The molecule has 1 amide bonds. The van der Waals surface area contributed by atoms with Gasteiger partial charge in [-0.25, -0.2) is 13.1 Å². The third-order valence-corrected chi connectivity index (χ3v) is 8.05. The molecule has 178 valence electrons. The first-order chi connectivity index (χ1) is 15.9. The van der Waals surface area contributed by atoms with E-state index in [2.05, 4.69) is 15.4 Å². The third-order valence-electron chi connectivity index (χ3n) is 6.51. The summed E-state index contributed by atoms with van der Waals surface area (Å²) in [6.45, 7) is 0. The molecule has 2 aliphatic rings. The van der Waals surface area contributed by atoms with E-state index in [0.717, 1.165) is 31.4 Å². The van der Waals surface area contributed by atoms with Crippen LogP contribution in [0.15, 0.2) is 47.4 Å². The van der Waals surface area contributed by atoms with Crippen LogP contribution in [0.1, 0.15) is 68.1 Å².